The third-order valence-corrected chi connectivity index (χ3v) is 5.89. The zero-order valence-electron chi connectivity index (χ0n) is 14.9. The van der Waals surface area contributed by atoms with Crippen LogP contribution in [0, 0.1) is 0 Å². The summed E-state index contributed by atoms with van der Waals surface area (Å²) in [7, 11) is -0.973. The molecule has 0 spiro atoms. The summed E-state index contributed by atoms with van der Waals surface area (Å²) in [6.45, 7) is 8.39. The Morgan fingerprint density at radius 1 is 1.12 bits per heavy atom. The minimum atomic E-state index is -0.973. The molecule has 7 nitrogen and oxygen atoms in total. The molecule has 2 aliphatic rings. The Morgan fingerprint density at radius 2 is 1.83 bits per heavy atom. The standard InChI is InChI=1S/C11H21N3OSi.C5H7N3/c1-16(2,3)7-6-15-9-14-12-8-11(13-14)10-4-5-10;1-2-4(1)5-3-6-8-7-5/h8,10H,4-7,9H2,1-3H3;3-4H,1-2H2,(H,6,7,8). The van der Waals surface area contributed by atoms with E-state index < -0.39 is 8.07 Å². The average molecular weight is 349 g/mol. The van der Waals surface area contributed by atoms with Crippen molar-refractivity contribution in [3.8, 4) is 0 Å². The largest absolute Gasteiger partial charge is 0.358 e. The predicted octanol–water partition coefficient (Wildman–Crippen LogP) is 3.15. The molecular formula is C16H28N6OSi. The zero-order valence-corrected chi connectivity index (χ0v) is 15.9. The molecule has 0 bridgehead atoms. The van der Waals surface area contributed by atoms with Crippen molar-refractivity contribution in [2.75, 3.05) is 6.61 Å². The number of aromatic nitrogens is 6. The Labute approximate surface area is 144 Å². The highest BCUT2D eigenvalue weighted by atomic mass is 28.3. The van der Waals surface area contributed by atoms with E-state index in [4.69, 9.17) is 4.74 Å². The lowest BCUT2D eigenvalue weighted by Crippen LogP contribution is -2.22. The first kappa shape index (κ1) is 17.3. The normalized spacial score (nSPS) is 17.5. The highest BCUT2D eigenvalue weighted by Crippen LogP contribution is 2.38. The van der Waals surface area contributed by atoms with Gasteiger partial charge in [-0.05, 0) is 31.7 Å². The van der Waals surface area contributed by atoms with Crippen LogP contribution in [0.25, 0.3) is 0 Å². The molecule has 2 aliphatic carbocycles. The van der Waals surface area contributed by atoms with E-state index in [1.165, 1.54) is 31.7 Å². The molecule has 1 N–H and O–H groups in total. The van der Waals surface area contributed by atoms with Crippen LogP contribution in [0.15, 0.2) is 12.4 Å². The molecule has 2 aromatic rings. The fraction of sp³-hybridized carbons (Fsp3) is 0.750. The van der Waals surface area contributed by atoms with E-state index >= 15 is 0 Å². The highest BCUT2D eigenvalue weighted by molar-refractivity contribution is 6.76. The van der Waals surface area contributed by atoms with Crippen LogP contribution in [0.5, 0.6) is 0 Å². The minimum absolute atomic E-state index is 0.497. The molecule has 0 unspecified atom stereocenters. The molecule has 2 aromatic heterocycles. The molecule has 2 saturated carbocycles. The summed E-state index contributed by atoms with van der Waals surface area (Å²) < 4.78 is 5.58. The summed E-state index contributed by atoms with van der Waals surface area (Å²) in [4.78, 5) is 1.66. The van der Waals surface area contributed by atoms with Gasteiger partial charge in [0.05, 0.1) is 23.8 Å². The van der Waals surface area contributed by atoms with Crippen molar-refractivity contribution in [3.63, 3.8) is 0 Å². The monoisotopic (exact) mass is 348 g/mol. The van der Waals surface area contributed by atoms with E-state index in [1.54, 1.807) is 11.0 Å². The van der Waals surface area contributed by atoms with Crippen molar-refractivity contribution in [1.29, 1.82) is 0 Å². The minimum Gasteiger partial charge on any atom is -0.358 e. The summed E-state index contributed by atoms with van der Waals surface area (Å²) in [6, 6.07) is 1.20. The maximum atomic E-state index is 5.58. The Kier molecular flexibility index (Phi) is 5.45. The lowest BCUT2D eigenvalue weighted by Gasteiger charge is -2.14. The van der Waals surface area contributed by atoms with Gasteiger partial charge in [0.15, 0.2) is 6.73 Å². The smallest absolute Gasteiger partial charge is 0.158 e. The molecule has 0 amide bonds. The van der Waals surface area contributed by atoms with Crippen LogP contribution in [0.4, 0.5) is 0 Å². The van der Waals surface area contributed by atoms with Gasteiger partial charge in [-0.3, -0.25) is 0 Å². The van der Waals surface area contributed by atoms with E-state index in [-0.39, 0.29) is 0 Å². The van der Waals surface area contributed by atoms with Gasteiger partial charge in [-0.15, -0.1) is 0 Å². The maximum absolute atomic E-state index is 5.58. The highest BCUT2D eigenvalue weighted by Gasteiger charge is 2.26. The fourth-order valence-corrected chi connectivity index (χ4v) is 3.01. The van der Waals surface area contributed by atoms with E-state index in [2.05, 4.69) is 45.2 Å². The van der Waals surface area contributed by atoms with Crippen molar-refractivity contribution < 1.29 is 4.74 Å². The van der Waals surface area contributed by atoms with Gasteiger partial charge in [-0.2, -0.15) is 30.4 Å². The Bertz CT molecular complexity index is 613. The van der Waals surface area contributed by atoms with Gasteiger partial charge in [0.1, 0.15) is 0 Å². The summed E-state index contributed by atoms with van der Waals surface area (Å²) in [5.41, 5.74) is 2.26. The number of hydrogen-bond donors (Lipinski definition) is 1. The summed E-state index contributed by atoms with van der Waals surface area (Å²) >= 11 is 0. The van der Waals surface area contributed by atoms with Gasteiger partial charge in [0, 0.05) is 26.5 Å². The van der Waals surface area contributed by atoms with Gasteiger partial charge in [0.2, 0.25) is 0 Å². The van der Waals surface area contributed by atoms with Crippen molar-refractivity contribution in [2.24, 2.45) is 0 Å². The number of ether oxygens (including phenoxy) is 1. The molecule has 0 atom stereocenters. The van der Waals surface area contributed by atoms with Gasteiger partial charge < -0.3 is 4.74 Å². The summed E-state index contributed by atoms with van der Waals surface area (Å²) in [6.07, 6.45) is 8.82. The second-order valence-electron chi connectivity index (χ2n) is 7.93. The zero-order chi connectivity index (χ0) is 17.0. The van der Waals surface area contributed by atoms with Crippen molar-refractivity contribution in [2.45, 2.75) is 69.9 Å². The molecule has 132 valence electrons. The maximum Gasteiger partial charge on any atom is 0.158 e. The van der Waals surface area contributed by atoms with Crippen LogP contribution in [0.2, 0.25) is 25.7 Å². The first-order valence-corrected chi connectivity index (χ1v) is 12.6. The second-order valence-corrected chi connectivity index (χ2v) is 13.6. The number of nitrogens with zero attached hydrogens (tertiary/aromatic N) is 5. The van der Waals surface area contributed by atoms with Gasteiger partial charge in [-0.1, -0.05) is 19.6 Å². The van der Waals surface area contributed by atoms with Crippen molar-refractivity contribution in [3.05, 3.63) is 23.8 Å². The molecule has 0 saturated heterocycles. The number of nitrogens with one attached hydrogen (secondary N) is 1. The summed E-state index contributed by atoms with van der Waals surface area (Å²) in [5, 5.41) is 18.8. The van der Waals surface area contributed by atoms with Crippen LogP contribution in [0.3, 0.4) is 0 Å². The Morgan fingerprint density at radius 3 is 2.42 bits per heavy atom. The molecule has 2 heterocycles. The van der Waals surface area contributed by atoms with Crippen LogP contribution in [-0.4, -0.2) is 45.1 Å². The lowest BCUT2D eigenvalue weighted by atomic mass is 10.3. The van der Waals surface area contributed by atoms with Gasteiger partial charge >= 0.3 is 0 Å². The van der Waals surface area contributed by atoms with Crippen molar-refractivity contribution >= 4 is 8.07 Å². The number of H-pyrrole nitrogens is 1. The van der Waals surface area contributed by atoms with Crippen LogP contribution >= 0.6 is 0 Å². The molecule has 2 fully saturated rings. The quantitative estimate of drug-likeness (QED) is 0.614. The first-order valence-electron chi connectivity index (χ1n) is 8.85. The molecule has 0 aliphatic heterocycles. The average Bonchev–Trinajstić information content (AvgIpc) is 3.47. The molecule has 8 heteroatoms. The Hall–Kier alpha value is -1.54. The lowest BCUT2D eigenvalue weighted by molar-refractivity contribution is 0.0682. The molecule has 0 aromatic carbocycles. The van der Waals surface area contributed by atoms with Crippen LogP contribution < -0.4 is 0 Å². The number of rotatable bonds is 7. The van der Waals surface area contributed by atoms with E-state index in [0.717, 1.165) is 23.9 Å². The van der Waals surface area contributed by atoms with Gasteiger partial charge in [-0.25, -0.2) is 0 Å². The second kappa shape index (κ2) is 7.56. The number of hydrogen-bond acceptors (Lipinski definition) is 5. The van der Waals surface area contributed by atoms with E-state index in [0.29, 0.717) is 12.6 Å². The molecule has 24 heavy (non-hydrogen) atoms. The fourth-order valence-electron chi connectivity index (χ4n) is 2.25. The van der Waals surface area contributed by atoms with Crippen LogP contribution in [0.1, 0.15) is 48.9 Å². The Balaban J connectivity index is 0.000000175. The molecule has 4 rings (SSSR count). The third kappa shape index (κ3) is 5.83. The SMILES string of the molecule is C[Si](C)(C)CCOCn1ncc(C2CC2)n1.c1n[nH]nc1C1CC1. The molecular weight excluding hydrogens is 320 g/mol. The number of aromatic amines is 1. The predicted molar refractivity (Wildman–Crippen MR) is 94.5 cm³/mol. The first-order chi connectivity index (χ1) is 11.5. The molecule has 0 radical (unpaired) electrons. The van der Waals surface area contributed by atoms with Crippen molar-refractivity contribution in [1.82, 2.24) is 30.4 Å². The third-order valence-electron chi connectivity index (χ3n) is 4.18. The topological polar surface area (TPSA) is 81.5 Å². The van der Waals surface area contributed by atoms with E-state index in [1.807, 2.05) is 6.20 Å². The summed E-state index contributed by atoms with van der Waals surface area (Å²) in [5.74, 6) is 1.41. The van der Waals surface area contributed by atoms with Gasteiger partial charge in [0.25, 0.3) is 0 Å². The van der Waals surface area contributed by atoms with Crippen LogP contribution in [-0.2, 0) is 11.5 Å². The van der Waals surface area contributed by atoms with E-state index in [9.17, 15) is 0 Å².